The molecule has 0 saturated carbocycles. The van der Waals surface area contributed by atoms with E-state index < -0.39 is 5.97 Å². The molecule has 0 unspecified atom stereocenters. The van der Waals surface area contributed by atoms with E-state index in [9.17, 15) is 9.59 Å². The largest absolute Gasteiger partial charge is 0.478 e. The molecular formula is C9H7N3O3. The maximum atomic E-state index is 11.0. The van der Waals surface area contributed by atoms with E-state index in [1.165, 1.54) is 29.3 Å². The Bertz CT molecular complexity index is 555. The molecule has 2 rings (SSSR count). The predicted octanol–water partition coefficient (Wildman–Crippen LogP) is 0.259. The third-order valence-electron chi connectivity index (χ3n) is 1.85. The third-order valence-corrected chi connectivity index (χ3v) is 1.85. The van der Waals surface area contributed by atoms with E-state index in [1.807, 2.05) is 0 Å². The molecule has 0 aliphatic carbocycles. The van der Waals surface area contributed by atoms with Gasteiger partial charge in [0.2, 0.25) is 5.56 Å². The normalized spacial score (nSPS) is 10.1. The number of nitrogens with zero attached hydrogens (tertiary/aromatic N) is 2. The molecule has 0 atom stereocenters. The fourth-order valence-electron chi connectivity index (χ4n) is 1.15. The highest BCUT2D eigenvalue weighted by Gasteiger charge is 2.06. The van der Waals surface area contributed by atoms with Crippen LogP contribution in [0.2, 0.25) is 0 Å². The van der Waals surface area contributed by atoms with Gasteiger partial charge in [0.1, 0.15) is 0 Å². The Morgan fingerprint density at radius 1 is 1.53 bits per heavy atom. The zero-order valence-electron chi connectivity index (χ0n) is 7.54. The average Bonchev–Trinajstić information content (AvgIpc) is 2.66. The molecule has 0 aromatic carbocycles. The fourth-order valence-corrected chi connectivity index (χ4v) is 1.15. The van der Waals surface area contributed by atoms with E-state index in [2.05, 4.69) is 10.1 Å². The van der Waals surface area contributed by atoms with Crippen LogP contribution in [0.4, 0.5) is 0 Å². The molecule has 2 aromatic heterocycles. The molecule has 6 heteroatoms. The highest BCUT2D eigenvalue weighted by atomic mass is 16.4. The van der Waals surface area contributed by atoms with Gasteiger partial charge in [-0.2, -0.15) is 5.10 Å². The lowest BCUT2D eigenvalue weighted by Crippen LogP contribution is -2.06. The monoisotopic (exact) mass is 205 g/mol. The van der Waals surface area contributed by atoms with E-state index in [0.717, 1.165) is 0 Å². The quantitative estimate of drug-likeness (QED) is 0.736. The third kappa shape index (κ3) is 1.78. The Morgan fingerprint density at radius 2 is 2.33 bits per heavy atom. The summed E-state index contributed by atoms with van der Waals surface area (Å²) >= 11 is 0. The first-order chi connectivity index (χ1) is 7.16. The van der Waals surface area contributed by atoms with Crippen LogP contribution in [-0.4, -0.2) is 25.8 Å². The van der Waals surface area contributed by atoms with Crippen molar-refractivity contribution >= 4 is 5.97 Å². The summed E-state index contributed by atoms with van der Waals surface area (Å²) in [4.78, 5) is 24.0. The summed E-state index contributed by atoms with van der Waals surface area (Å²) in [5.74, 6) is -1.05. The molecule has 0 aliphatic heterocycles. The van der Waals surface area contributed by atoms with Gasteiger partial charge in [-0.1, -0.05) is 0 Å². The van der Waals surface area contributed by atoms with Gasteiger partial charge in [-0.15, -0.1) is 0 Å². The van der Waals surface area contributed by atoms with Crippen LogP contribution in [0.5, 0.6) is 0 Å². The number of carboxylic acid groups (broad SMARTS) is 1. The minimum atomic E-state index is -1.05. The van der Waals surface area contributed by atoms with Crippen LogP contribution in [0.25, 0.3) is 5.69 Å². The number of aromatic nitrogens is 3. The lowest BCUT2D eigenvalue weighted by molar-refractivity contribution is 0.0697. The Kier molecular flexibility index (Phi) is 2.09. The minimum absolute atomic E-state index is 0.0790. The second-order valence-corrected chi connectivity index (χ2v) is 2.89. The molecule has 0 spiro atoms. The first-order valence-corrected chi connectivity index (χ1v) is 4.14. The summed E-state index contributed by atoms with van der Waals surface area (Å²) in [6.45, 7) is 0. The molecule has 0 fully saturated rings. The Morgan fingerprint density at radius 3 is 2.93 bits per heavy atom. The molecule has 0 bridgehead atoms. The SMILES string of the molecule is O=C(O)c1cnn(-c2cc[nH]c(=O)c2)c1. The summed E-state index contributed by atoms with van der Waals surface area (Å²) in [5.41, 5.74) is 0.335. The molecule has 2 N–H and O–H groups in total. The average molecular weight is 205 g/mol. The fraction of sp³-hybridized carbons (Fsp3) is 0. The molecule has 0 saturated heterocycles. The maximum absolute atomic E-state index is 11.0. The summed E-state index contributed by atoms with van der Waals surface area (Å²) in [5, 5.41) is 12.5. The number of nitrogens with one attached hydrogen (secondary N) is 1. The maximum Gasteiger partial charge on any atom is 0.338 e. The molecule has 15 heavy (non-hydrogen) atoms. The van der Waals surface area contributed by atoms with E-state index in [4.69, 9.17) is 5.11 Å². The van der Waals surface area contributed by atoms with Gasteiger partial charge < -0.3 is 10.1 Å². The van der Waals surface area contributed by atoms with Gasteiger partial charge in [0.05, 0.1) is 17.4 Å². The Balaban J connectivity index is 2.46. The zero-order valence-corrected chi connectivity index (χ0v) is 7.54. The van der Waals surface area contributed by atoms with Crippen LogP contribution in [0.15, 0.2) is 35.5 Å². The van der Waals surface area contributed by atoms with Crippen molar-refractivity contribution in [3.8, 4) is 5.69 Å². The summed E-state index contributed by atoms with van der Waals surface area (Å²) in [6, 6.07) is 2.96. The number of rotatable bonds is 2. The highest BCUT2D eigenvalue weighted by Crippen LogP contribution is 2.04. The first kappa shape index (κ1) is 9.20. The lowest BCUT2D eigenvalue weighted by Gasteiger charge is -1.97. The second kappa shape index (κ2) is 3.41. The van der Waals surface area contributed by atoms with Crippen molar-refractivity contribution in [2.24, 2.45) is 0 Å². The number of pyridine rings is 1. The Labute approximate surface area is 83.8 Å². The number of H-pyrrole nitrogens is 1. The van der Waals surface area contributed by atoms with E-state index >= 15 is 0 Å². The number of aromatic amines is 1. The van der Waals surface area contributed by atoms with Crippen molar-refractivity contribution in [1.82, 2.24) is 14.8 Å². The molecule has 2 heterocycles. The van der Waals surface area contributed by atoms with Gasteiger partial charge in [-0.25, -0.2) is 9.48 Å². The number of hydrogen-bond acceptors (Lipinski definition) is 3. The van der Waals surface area contributed by atoms with Gasteiger partial charge in [0.25, 0.3) is 0 Å². The molecule has 0 aliphatic rings. The molecule has 2 aromatic rings. The first-order valence-electron chi connectivity index (χ1n) is 4.14. The van der Waals surface area contributed by atoms with E-state index in [1.54, 1.807) is 6.07 Å². The van der Waals surface area contributed by atoms with Crippen LogP contribution in [-0.2, 0) is 0 Å². The minimum Gasteiger partial charge on any atom is -0.478 e. The van der Waals surface area contributed by atoms with Crippen LogP contribution in [0.3, 0.4) is 0 Å². The summed E-state index contributed by atoms with van der Waals surface area (Å²) in [7, 11) is 0. The number of carboxylic acids is 1. The number of hydrogen-bond donors (Lipinski definition) is 2. The van der Waals surface area contributed by atoms with Crippen molar-refractivity contribution in [2.45, 2.75) is 0 Å². The molecule has 0 radical (unpaired) electrons. The van der Waals surface area contributed by atoms with Crippen LogP contribution < -0.4 is 5.56 Å². The predicted molar refractivity (Wildman–Crippen MR) is 51.1 cm³/mol. The van der Waals surface area contributed by atoms with Crippen molar-refractivity contribution < 1.29 is 9.90 Å². The van der Waals surface area contributed by atoms with Crippen molar-refractivity contribution in [2.75, 3.05) is 0 Å². The number of carbonyl (C=O) groups is 1. The standard InChI is InChI=1S/C9H7N3O3/c13-8-3-7(1-2-10-8)12-5-6(4-11-12)9(14)15/h1-5H,(H,10,13)(H,14,15). The number of aromatic carboxylic acids is 1. The van der Waals surface area contributed by atoms with Crippen LogP contribution >= 0.6 is 0 Å². The lowest BCUT2D eigenvalue weighted by atomic mass is 10.4. The molecule has 6 nitrogen and oxygen atoms in total. The highest BCUT2D eigenvalue weighted by molar-refractivity contribution is 5.86. The van der Waals surface area contributed by atoms with Crippen molar-refractivity contribution in [3.63, 3.8) is 0 Å². The smallest absolute Gasteiger partial charge is 0.338 e. The topological polar surface area (TPSA) is 88.0 Å². The Hall–Kier alpha value is -2.37. The molecule has 76 valence electrons. The van der Waals surface area contributed by atoms with Gasteiger partial charge in [-0.3, -0.25) is 4.79 Å². The van der Waals surface area contributed by atoms with Gasteiger partial charge in [0.15, 0.2) is 0 Å². The van der Waals surface area contributed by atoms with Gasteiger partial charge >= 0.3 is 5.97 Å². The van der Waals surface area contributed by atoms with Gasteiger partial charge in [0, 0.05) is 18.5 Å². The zero-order chi connectivity index (χ0) is 10.8. The second-order valence-electron chi connectivity index (χ2n) is 2.89. The van der Waals surface area contributed by atoms with Crippen molar-refractivity contribution in [3.05, 3.63) is 46.6 Å². The van der Waals surface area contributed by atoms with Gasteiger partial charge in [-0.05, 0) is 6.07 Å². The molecule has 0 amide bonds. The molecular weight excluding hydrogens is 198 g/mol. The summed E-state index contributed by atoms with van der Waals surface area (Å²) in [6.07, 6.45) is 4.04. The summed E-state index contributed by atoms with van der Waals surface area (Å²) < 4.78 is 1.33. The van der Waals surface area contributed by atoms with E-state index in [0.29, 0.717) is 5.69 Å². The van der Waals surface area contributed by atoms with Crippen LogP contribution in [0.1, 0.15) is 10.4 Å². The van der Waals surface area contributed by atoms with Crippen molar-refractivity contribution in [1.29, 1.82) is 0 Å². The van der Waals surface area contributed by atoms with E-state index in [-0.39, 0.29) is 11.1 Å². The van der Waals surface area contributed by atoms with Crippen LogP contribution in [0, 0.1) is 0 Å².